The molecule has 1 aromatic heterocycles. The Morgan fingerprint density at radius 3 is 2.86 bits per heavy atom. The topological polar surface area (TPSA) is 42.9 Å². The molecule has 0 radical (unpaired) electrons. The van der Waals surface area contributed by atoms with Gasteiger partial charge in [-0.05, 0) is 19.9 Å². The van der Waals surface area contributed by atoms with Crippen molar-refractivity contribution < 1.29 is 4.79 Å². The molecule has 70 valence electrons. The highest BCUT2D eigenvalue weighted by atomic mass is 16.1. The zero-order chi connectivity index (χ0) is 10.1. The number of carbonyl (C=O) groups is 1. The van der Waals surface area contributed by atoms with Crippen LogP contribution in [0.1, 0.15) is 23.1 Å². The lowest BCUT2D eigenvalue weighted by molar-refractivity contribution is 0.101. The van der Waals surface area contributed by atoms with E-state index in [-0.39, 0.29) is 5.78 Å². The molecule has 0 fully saturated rings. The van der Waals surface area contributed by atoms with Crippen molar-refractivity contribution >= 4 is 16.7 Å². The van der Waals surface area contributed by atoms with Crippen LogP contribution >= 0.6 is 0 Å². The average molecular weight is 186 g/mol. The summed E-state index contributed by atoms with van der Waals surface area (Å²) in [7, 11) is 0. The molecular formula is C11H10N2O. The van der Waals surface area contributed by atoms with E-state index in [0.29, 0.717) is 11.4 Å². The number of aryl methyl sites for hydroxylation is 1. The van der Waals surface area contributed by atoms with E-state index in [4.69, 9.17) is 0 Å². The van der Waals surface area contributed by atoms with Gasteiger partial charge in [-0.15, -0.1) is 0 Å². The number of nitrogens with zero attached hydrogens (tertiary/aromatic N) is 2. The highest BCUT2D eigenvalue weighted by molar-refractivity contribution is 6.05. The normalized spacial score (nSPS) is 10.4. The summed E-state index contributed by atoms with van der Waals surface area (Å²) in [5, 5.41) is 0.906. The minimum atomic E-state index is 0.0358. The molecule has 0 atom stereocenters. The first kappa shape index (κ1) is 8.81. The third-order valence-electron chi connectivity index (χ3n) is 2.11. The maximum atomic E-state index is 11.3. The van der Waals surface area contributed by atoms with E-state index < -0.39 is 0 Å². The number of carbonyl (C=O) groups excluding carboxylic acids is 1. The fourth-order valence-corrected chi connectivity index (χ4v) is 1.43. The molecule has 1 aromatic carbocycles. The number of Topliss-reactive ketones (excluding diaryl/α,β-unsaturated/α-hetero) is 1. The molecule has 0 bridgehead atoms. The third-order valence-corrected chi connectivity index (χ3v) is 2.11. The molecular weight excluding hydrogens is 176 g/mol. The van der Waals surface area contributed by atoms with Crippen LogP contribution in [0.3, 0.4) is 0 Å². The first-order valence-electron chi connectivity index (χ1n) is 4.42. The number of hydrogen-bond donors (Lipinski definition) is 0. The van der Waals surface area contributed by atoms with Crippen LogP contribution in [-0.2, 0) is 0 Å². The highest BCUT2D eigenvalue weighted by Gasteiger charge is 2.06. The first-order chi connectivity index (χ1) is 6.68. The maximum absolute atomic E-state index is 11.3. The smallest absolute Gasteiger partial charge is 0.161 e. The standard InChI is InChI=1S/C11H10N2O/c1-7(14)10-5-3-4-9-6-12-8(2)13-11(9)10/h3-6H,1-2H3. The van der Waals surface area contributed by atoms with Gasteiger partial charge in [0, 0.05) is 17.1 Å². The Balaban J connectivity index is 2.84. The zero-order valence-electron chi connectivity index (χ0n) is 8.11. The summed E-state index contributed by atoms with van der Waals surface area (Å²) in [6, 6.07) is 5.54. The predicted octanol–water partition coefficient (Wildman–Crippen LogP) is 2.14. The van der Waals surface area contributed by atoms with Crippen LogP contribution in [0.5, 0.6) is 0 Å². The molecule has 0 spiro atoms. The summed E-state index contributed by atoms with van der Waals surface area (Å²) < 4.78 is 0. The quantitative estimate of drug-likeness (QED) is 0.641. The summed E-state index contributed by atoms with van der Waals surface area (Å²) in [6.45, 7) is 3.36. The third kappa shape index (κ3) is 1.37. The number of ketones is 1. The van der Waals surface area contributed by atoms with Gasteiger partial charge in [0.2, 0.25) is 0 Å². The molecule has 3 heteroatoms. The second-order valence-corrected chi connectivity index (χ2v) is 3.22. The van der Waals surface area contributed by atoms with Crippen LogP contribution in [-0.4, -0.2) is 15.8 Å². The Bertz CT molecular complexity index is 506. The van der Waals surface area contributed by atoms with Gasteiger partial charge in [-0.2, -0.15) is 0 Å². The lowest BCUT2D eigenvalue weighted by Gasteiger charge is -2.02. The van der Waals surface area contributed by atoms with Crippen molar-refractivity contribution in [3.05, 3.63) is 35.8 Å². The second kappa shape index (κ2) is 3.18. The highest BCUT2D eigenvalue weighted by Crippen LogP contribution is 2.16. The van der Waals surface area contributed by atoms with Gasteiger partial charge in [-0.3, -0.25) is 4.79 Å². The molecule has 14 heavy (non-hydrogen) atoms. The second-order valence-electron chi connectivity index (χ2n) is 3.22. The van der Waals surface area contributed by atoms with Crippen molar-refractivity contribution in [2.45, 2.75) is 13.8 Å². The van der Waals surface area contributed by atoms with E-state index in [1.54, 1.807) is 19.2 Å². The molecule has 2 aromatic rings. The van der Waals surface area contributed by atoms with E-state index in [0.717, 1.165) is 10.9 Å². The first-order valence-corrected chi connectivity index (χ1v) is 4.42. The van der Waals surface area contributed by atoms with Crippen LogP contribution in [0.15, 0.2) is 24.4 Å². The number of benzene rings is 1. The van der Waals surface area contributed by atoms with Gasteiger partial charge in [0.25, 0.3) is 0 Å². The van der Waals surface area contributed by atoms with Crippen LogP contribution in [0.25, 0.3) is 10.9 Å². The summed E-state index contributed by atoms with van der Waals surface area (Å²) in [4.78, 5) is 19.7. The summed E-state index contributed by atoms with van der Waals surface area (Å²) in [6.07, 6.45) is 1.74. The molecule has 0 unspecified atom stereocenters. The van der Waals surface area contributed by atoms with Crippen molar-refractivity contribution in [1.82, 2.24) is 9.97 Å². The molecule has 3 nitrogen and oxygen atoms in total. The molecule has 0 N–H and O–H groups in total. The predicted molar refractivity (Wildman–Crippen MR) is 54.3 cm³/mol. The molecule has 0 saturated heterocycles. The van der Waals surface area contributed by atoms with Crippen molar-refractivity contribution in [2.75, 3.05) is 0 Å². The van der Waals surface area contributed by atoms with E-state index in [9.17, 15) is 4.79 Å². The molecule has 0 aliphatic rings. The van der Waals surface area contributed by atoms with Crippen molar-refractivity contribution in [3.63, 3.8) is 0 Å². The number of hydrogen-bond acceptors (Lipinski definition) is 3. The van der Waals surface area contributed by atoms with E-state index in [1.165, 1.54) is 0 Å². The average Bonchev–Trinajstić information content (AvgIpc) is 2.16. The minimum absolute atomic E-state index is 0.0358. The summed E-state index contributed by atoms with van der Waals surface area (Å²) >= 11 is 0. The van der Waals surface area contributed by atoms with Gasteiger partial charge in [-0.25, -0.2) is 9.97 Å². The summed E-state index contributed by atoms with van der Waals surface area (Å²) in [5.74, 6) is 0.722. The Labute approximate surface area is 81.8 Å². The van der Waals surface area contributed by atoms with E-state index in [1.807, 2.05) is 19.1 Å². The van der Waals surface area contributed by atoms with Gasteiger partial charge in [0.15, 0.2) is 5.78 Å². The molecule has 0 aliphatic carbocycles. The molecule has 1 heterocycles. The van der Waals surface area contributed by atoms with Crippen LogP contribution in [0, 0.1) is 6.92 Å². The van der Waals surface area contributed by atoms with Gasteiger partial charge >= 0.3 is 0 Å². The number of aromatic nitrogens is 2. The Morgan fingerprint density at radius 1 is 1.36 bits per heavy atom. The van der Waals surface area contributed by atoms with E-state index >= 15 is 0 Å². The fourth-order valence-electron chi connectivity index (χ4n) is 1.43. The summed E-state index contributed by atoms with van der Waals surface area (Å²) in [5.41, 5.74) is 1.40. The Hall–Kier alpha value is -1.77. The van der Waals surface area contributed by atoms with E-state index in [2.05, 4.69) is 9.97 Å². The largest absolute Gasteiger partial charge is 0.294 e. The number of para-hydroxylation sites is 1. The van der Waals surface area contributed by atoms with Crippen molar-refractivity contribution in [2.24, 2.45) is 0 Å². The zero-order valence-corrected chi connectivity index (χ0v) is 8.11. The molecule has 0 aliphatic heterocycles. The molecule has 0 saturated carbocycles. The van der Waals surface area contributed by atoms with Crippen LogP contribution < -0.4 is 0 Å². The van der Waals surface area contributed by atoms with Crippen molar-refractivity contribution in [3.8, 4) is 0 Å². The Morgan fingerprint density at radius 2 is 2.14 bits per heavy atom. The lowest BCUT2D eigenvalue weighted by Crippen LogP contribution is -1.97. The monoisotopic (exact) mass is 186 g/mol. The van der Waals surface area contributed by atoms with Crippen LogP contribution in [0.2, 0.25) is 0 Å². The van der Waals surface area contributed by atoms with Gasteiger partial charge in [0.05, 0.1) is 5.52 Å². The number of rotatable bonds is 1. The van der Waals surface area contributed by atoms with Crippen LogP contribution in [0.4, 0.5) is 0 Å². The fraction of sp³-hybridized carbons (Fsp3) is 0.182. The van der Waals surface area contributed by atoms with Gasteiger partial charge in [0.1, 0.15) is 5.82 Å². The Kier molecular flexibility index (Phi) is 2.00. The number of fused-ring (bicyclic) bond motifs is 1. The maximum Gasteiger partial charge on any atom is 0.161 e. The molecule has 0 amide bonds. The van der Waals surface area contributed by atoms with Gasteiger partial charge in [-0.1, -0.05) is 12.1 Å². The SMILES string of the molecule is CC(=O)c1cccc2cnc(C)nc12. The van der Waals surface area contributed by atoms with Crippen molar-refractivity contribution in [1.29, 1.82) is 0 Å². The molecule has 2 rings (SSSR count). The minimum Gasteiger partial charge on any atom is -0.294 e. The van der Waals surface area contributed by atoms with Gasteiger partial charge < -0.3 is 0 Å². The lowest BCUT2D eigenvalue weighted by atomic mass is 10.1.